The number of hydrogen-bond acceptors (Lipinski definition) is 5. The van der Waals surface area contributed by atoms with Crippen molar-refractivity contribution in [2.45, 2.75) is 17.5 Å². The highest BCUT2D eigenvalue weighted by Gasteiger charge is 2.90. The van der Waals surface area contributed by atoms with Crippen molar-refractivity contribution in [3.05, 3.63) is 10.1 Å². The zero-order chi connectivity index (χ0) is 12.3. The molecule has 16 heavy (non-hydrogen) atoms. The van der Waals surface area contributed by atoms with Crippen LogP contribution in [0.25, 0.3) is 0 Å². The summed E-state index contributed by atoms with van der Waals surface area (Å²) in [4.78, 5) is 35.1. The number of hydrogen-bond donors (Lipinski definition) is 0. The second-order valence-electron chi connectivity index (χ2n) is 3.97. The first-order valence-electron chi connectivity index (χ1n) is 4.47. The summed E-state index contributed by atoms with van der Waals surface area (Å²) >= 11 is 0. The molecule has 0 radical (unpaired) electrons. The van der Waals surface area contributed by atoms with E-state index in [0.29, 0.717) is 4.90 Å². The zero-order valence-corrected chi connectivity index (χ0v) is 8.63. The average Bonchev–Trinajstić information content (AvgIpc) is 2.96. The van der Waals surface area contributed by atoms with Gasteiger partial charge in [-0.15, -0.1) is 0 Å². The third-order valence-electron chi connectivity index (χ3n) is 3.37. The standard InChI is InChI=1S/C8H8N4O4/c1-10-5(13)8(12(15)16)3-7(8,4-9)11(2)6(10)14/h3H2,1-2H3/t7-,8+/m0/s1. The minimum Gasteiger partial charge on any atom is -0.302 e. The van der Waals surface area contributed by atoms with Crippen LogP contribution >= 0.6 is 0 Å². The van der Waals surface area contributed by atoms with Gasteiger partial charge in [0.05, 0.1) is 12.5 Å². The summed E-state index contributed by atoms with van der Waals surface area (Å²) in [6.07, 6.45) is -0.241. The van der Waals surface area contributed by atoms with Crippen molar-refractivity contribution >= 4 is 11.9 Å². The SMILES string of the molecule is CN1C(=O)N(C)[C@]2(C#N)C[C@@]2([N+](=O)[O-])C1=O. The highest BCUT2D eigenvalue weighted by molar-refractivity contribution is 6.06. The Morgan fingerprint density at radius 3 is 2.50 bits per heavy atom. The number of nitriles is 1. The summed E-state index contributed by atoms with van der Waals surface area (Å²) in [5, 5.41) is 19.9. The van der Waals surface area contributed by atoms with Gasteiger partial charge in [0.25, 0.3) is 0 Å². The Morgan fingerprint density at radius 2 is 2.06 bits per heavy atom. The molecule has 2 fully saturated rings. The van der Waals surface area contributed by atoms with Crippen molar-refractivity contribution in [2.75, 3.05) is 14.1 Å². The van der Waals surface area contributed by atoms with Crippen LogP contribution < -0.4 is 0 Å². The summed E-state index contributed by atoms with van der Waals surface area (Å²) in [6, 6.07) is 1.03. The van der Waals surface area contributed by atoms with Crippen molar-refractivity contribution in [1.82, 2.24) is 9.80 Å². The number of rotatable bonds is 1. The molecule has 1 saturated heterocycles. The number of carbonyl (C=O) groups is 2. The number of imide groups is 1. The van der Waals surface area contributed by atoms with E-state index in [0.717, 1.165) is 4.90 Å². The molecule has 1 saturated carbocycles. The van der Waals surface area contributed by atoms with E-state index in [2.05, 4.69) is 0 Å². The largest absolute Gasteiger partial charge is 0.339 e. The lowest BCUT2D eigenvalue weighted by Crippen LogP contribution is -2.63. The van der Waals surface area contributed by atoms with Crippen LogP contribution in [0.3, 0.4) is 0 Å². The van der Waals surface area contributed by atoms with Gasteiger partial charge in [-0.25, -0.2) is 4.79 Å². The van der Waals surface area contributed by atoms with Gasteiger partial charge in [-0.2, -0.15) is 5.26 Å². The minimum absolute atomic E-state index is 0.241. The molecule has 2 atom stereocenters. The van der Waals surface area contributed by atoms with Gasteiger partial charge in [0.1, 0.15) is 0 Å². The summed E-state index contributed by atoms with van der Waals surface area (Å²) < 4.78 is 0. The Morgan fingerprint density at radius 1 is 1.50 bits per heavy atom. The molecule has 0 aromatic heterocycles. The molecule has 0 spiro atoms. The molecule has 0 N–H and O–H groups in total. The highest BCUT2D eigenvalue weighted by atomic mass is 16.6. The molecule has 1 heterocycles. The van der Waals surface area contributed by atoms with Crippen LogP contribution in [0.5, 0.6) is 0 Å². The molecule has 8 nitrogen and oxygen atoms in total. The lowest BCUT2D eigenvalue weighted by Gasteiger charge is -2.33. The quantitative estimate of drug-likeness (QED) is 0.427. The Labute approximate surface area is 90.2 Å². The molecule has 8 heteroatoms. The van der Waals surface area contributed by atoms with Crippen LogP contribution in [0.1, 0.15) is 6.42 Å². The molecule has 3 amide bonds. The zero-order valence-electron chi connectivity index (χ0n) is 8.63. The van der Waals surface area contributed by atoms with E-state index >= 15 is 0 Å². The number of carbonyl (C=O) groups excluding carboxylic acids is 2. The van der Waals surface area contributed by atoms with Gasteiger partial charge in [-0.1, -0.05) is 0 Å². The fourth-order valence-electron chi connectivity index (χ4n) is 2.23. The van der Waals surface area contributed by atoms with Crippen LogP contribution in [0.4, 0.5) is 4.79 Å². The lowest BCUT2D eigenvalue weighted by atomic mass is 10.1. The fourth-order valence-corrected chi connectivity index (χ4v) is 2.23. The van der Waals surface area contributed by atoms with Gasteiger partial charge in [0.2, 0.25) is 5.54 Å². The van der Waals surface area contributed by atoms with E-state index in [1.807, 2.05) is 0 Å². The maximum atomic E-state index is 11.7. The van der Waals surface area contributed by atoms with Crippen LogP contribution in [0, 0.1) is 21.4 Å². The molecule has 0 bridgehead atoms. The monoisotopic (exact) mass is 224 g/mol. The molecule has 0 aromatic rings. The van der Waals surface area contributed by atoms with Gasteiger partial charge in [0, 0.05) is 19.0 Å². The first-order chi connectivity index (χ1) is 7.35. The summed E-state index contributed by atoms with van der Waals surface area (Å²) in [6.45, 7) is 0. The van der Waals surface area contributed by atoms with E-state index in [9.17, 15) is 19.7 Å². The number of likely N-dealkylation sites (N-methyl/N-ethyl adjacent to an activating group) is 2. The Balaban J connectivity index is 2.59. The highest BCUT2D eigenvalue weighted by Crippen LogP contribution is 2.57. The minimum atomic E-state index is -1.97. The summed E-state index contributed by atoms with van der Waals surface area (Å²) in [5.74, 6) is -0.915. The van der Waals surface area contributed by atoms with Crippen LogP contribution in [0.2, 0.25) is 0 Å². The van der Waals surface area contributed by atoms with E-state index in [-0.39, 0.29) is 6.42 Å². The number of urea groups is 1. The molecule has 2 rings (SSSR count). The Hall–Kier alpha value is -2.17. The molecule has 1 aliphatic carbocycles. The summed E-state index contributed by atoms with van der Waals surface area (Å²) in [5.41, 5.74) is -3.59. The first kappa shape index (κ1) is 10.4. The van der Waals surface area contributed by atoms with Gasteiger partial charge in [-0.05, 0) is 0 Å². The van der Waals surface area contributed by atoms with E-state index < -0.39 is 27.9 Å². The maximum Gasteiger partial charge on any atom is 0.339 e. The van der Waals surface area contributed by atoms with Gasteiger partial charge < -0.3 is 4.90 Å². The normalized spacial score (nSPS) is 36.8. The van der Waals surface area contributed by atoms with Crippen molar-refractivity contribution < 1.29 is 14.5 Å². The lowest BCUT2D eigenvalue weighted by molar-refractivity contribution is -0.529. The van der Waals surface area contributed by atoms with Crippen LogP contribution in [-0.4, -0.2) is 51.8 Å². The second kappa shape index (κ2) is 2.49. The predicted molar refractivity (Wildman–Crippen MR) is 48.6 cm³/mol. The topological polar surface area (TPSA) is 108 Å². The Bertz CT molecular complexity index is 469. The van der Waals surface area contributed by atoms with Crippen molar-refractivity contribution in [3.8, 4) is 6.07 Å². The van der Waals surface area contributed by atoms with Gasteiger partial charge in [-0.3, -0.25) is 19.8 Å². The van der Waals surface area contributed by atoms with Crippen LogP contribution in [0.15, 0.2) is 0 Å². The molecule has 0 unspecified atom stereocenters. The Kier molecular flexibility index (Phi) is 1.61. The number of nitro groups is 1. The van der Waals surface area contributed by atoms with E-state index in [1.54, 1.807) is 6.07 Å². The number of amides is 3. The molecule has 0 aromatic carbocycles. The predicted octanol–water partition coefficient (Wildman–Crippen LogP) is -0.808. The summed E-state index contributed by atoms with van der Waals surface area (Å²) in [7, 11) is 2.46. The maximum absolute atomic E-state index is 11.7. The molecule has 84 valence electrons. The third kappa shape index (κ3) is 0.722. The van der Waals surface area contributed by atoms with Crippen LogP contribution in [-0.2, 0) is 4.79 Å². The number of fused-ring (bicyclic) bond motifs is 1. The fraction of sp³-hybridized carbons (Fsp3) is 0.625. The van der Waals surface area contributed by atoms with Crippen molar-refractivity contribution in [2.24, 2.45) is 0 Å². The molecule has 1 aliphatic heterocycles. The second-order valence-corrected chi connectivity index (χ2v) is 3.97. The van der Waals surface area contributed by atoms with E-state index in [1.165, 1.54) is 14.1 Å². The van der Waals surface area contributed by atoms with Crippen molar-refractivity contribution in [1.29, 1.82) is 5.26 Å². The third-order valence-corrected chi connectivity index (χ3v) is 3.37. The smallest absolute Gasteiger partial charge is 0.302 e. The first-order valence-corrected chi connectivity index (χ1v) is 4.47. The molecule has 2 aliphatic rings. The van der Waals surface area contributed by atoms with Crippen molar-refractivity contribution in [3.63, 3.8) is 0 Å². The average molecular weight is 224 g/mol. The molecular weight excluding hydrogens is 216 g/mol. The van der Waals surface area contributed by atoms with Gasteiger partial charge >= 0.3 is 17.5 Å². The molecular formula is C8H8N4O4. The number of nitrogens with zero attached hydrogens (tertiary/aromatic N) is 4. The van der Waals surface area contributed by atoms with Gasteiger partial charge in [0.15, 0.2) is 0 Å². The van der Waals surface area contributed by atoms with E-state index in [4.69, 9.17) is 5.26 Å².